The van der Waals surface area contributed by atoms with Crippen LogP contribution in [0.15, 0.2) is 47.2 Å². The highest BCUT2D eigenvalue weighted by molar-refractivity contribution is 5.53. The van der Waals surface area contributed by atoms with Gasteiger partial charge in [0.1, 0.15) is 0 Å². The molecule has 0 aliphatic carbocycles. The quantitative estimate of drug-likeness (QED) is 0.653. The van der Waals surface area contributed by atoms with E-state index in [0.29, 0.717) is 0 Å². The summed E-state index contributed by atoms with van der Waals surface area (Å²) >= 11 is 0. The minimum Gasteiger partial charge on any atom is -0.399 e. The molecule has 0 saturated heterocycles. The molecule has 18 heavy (non-hydrogen) atoms. The summed E-state index contributed by atoms with van der Waals surface area (Å²) in [6.45, 7) is 4.86. The smallest absolute Gasteiger partial charge is 0.0595 e. The van der Waals surface area contributed by atoms with Crippen molar-refractivity contribution < 1.29 is 0 Å². The Balaban J connectivity index is 2.05. The first-order valence-corrected chi connectivity index (χ1v) is 6.16. The summed E-state index contributed by atoms with van der Waals surface area (Å²) in [5.41, 5.74) is 10.5. The van der Waals surface area contributed by atoms with E-state index in [9.17, 15) is 0 Å². The Hall–Kier alpha value is -2.03. The van der Waals surface area contributed by atoms with Gasteiger partial charge in [-0.3, -0.25) is 5.01 Å². The van der Waals surface area contributed by atoms with Crippen LogP contribution in [0.25, 0.3) is 0 Å². The molecule has 0 fully saturated rings. The van der Waals surface area contributed by atoms with E-state index in [1.54, 1.807) is 6.21 Å². The fourth-order valence-electron chi connectivity index (χ4n) is 2.02. The van der Waals surface area contributed by atoms with E-state index >= 15 is 0 Å². The fourth-order valence-corrected chi connectivity index (χ4v) is 2.02. The Bertz CT molecular complexity index is 512. The highest BCUT2D eigenvalue weighted by Gasteiger charge is 2.05. The average molecular weight is 241 g/mol. The lowest BCUT2D eigenvalue weighted by molar-refractivity contribution is 0.439. The van der Waals surface area contributed by atoms with E-state index in [0.717, 1.165) is 18.7 Å². The fraction of sp³-hybridized carbons (Fsp3) is 0.267. The second-order valence-corrected chi connectivity index (χ2v) is 4.45. The number of anilines is 1. The van der Waals surface area contributed by atoms with E-state index in [1.807, 2.05) is 30.3 Å². The Morgan fingerprint density at radius 3 is 2.89 bits per heavy atom. The molecule has 0 aromatic heterocycles. The molecule has 0 unspecified atom stereocenters. The number of aryl methyl sites for hydroxylation is 1. The minimum absolute atomic E-state index is 0.827. The lowest BCUT2D eigenvalue weighted by Gasteiger charge is -2.17. The van der Waals surface area contributed by atoms with Gasteiger partial charge in [0.05, 0.1) is 6.54 Å². The first-order valence-electron chi connectivity index (χ1n) is 6.16. The summed E-state index contributed by atoms with van der Waals surface area (Å²) in [5, 5.41) is 6.13. The highest BCUT2D eigenvalue weighted by atomic mass is 15.4. The van der Waals surface area contributed by atoms with E-state index in [-0.39, 0.29) is 0 Å². The van der Waals surface area contributed by atoms with Crippen LogP contribution in [0.3, 0.4) is 0 Å². The summed E-state index contributed by atoms with van der Waals surface area (Å²) in [5.74, 6) is 0. The van der Waals surface area contributed by atoms with Crippen molar-refractivity contribution in [1.29, 1.82) is 0 Å². The Kier molecular flexibility index (Phi) is 3.82. The van der Waals surface area contributed by atoms with Gasteiger partial charge in [-0.25, -0.2) is 0 Å². The van der Waals surface area contributed by atoms with Gasteiger partial charge >= 0.3 is 0 Å². The monoisotopic (exact) mass is 241 g/mol. The third kappa shape index (κ3) is 3.00. The molecule has 3 nitrogen and oxygen atoms in total. The standard InChI is InChI=1S/C15H19N3/c1-3-17-18-8-6-13(7-9-18)11-14-4-5-15(16)10-12(14)2/h3-8,10H,9,11,16H2,1-2H3/b17-3-. The van der Waals surface area contributed by atoms with E-state index in [1.165, 1.54) is 16.7 Å². The predicted molar refractivity (Wildman–Crippen MR) is 77.4 cm³/mol. The maximum atomic E-state index is 5.76. The summed E-state index contributed by atoms with van der Waals surface area (Å²) in [6.07, 6.45) is 9.09. The van der Waals surface area contributed by atoms with Gasteiger partial charge in [0, 0.05) is 18.1 Å². The number of benzene rings is 1. The molecule has 1 aliphatic rings. The summed E-state index contributed by atoms with van der Waals surface area (Å²) in [4.78, 5) is 0. The van der Waals surface area contributed by atoms with Crippen LogP contribution < -0.4 is 5.73 Å². The highest BCUT2D eigenvalue weighted by Crippen LogP contribution is 2.18. The molecular formula is C15H19N3. The lowest BCUT2D eigenvalue weighted by Crippen LogP contribution is -2.13. The van der Waals surface area contributed by atoms with Crippen molar-refractivity contribution in [3.63, 3.8) is 0 Å². The van der Waals surface area contributed by atoms with Gasteiger partial charge in [0.2, 0.25) is 0 Å². The van der Waals surface area contributed by atoms with Crippen molar-refractivity contribution in [3.05, 3.63) is 53.3 Å². The molecule has 0 radical (unpaired) electrons. The second kappa shape index (κ2) is 5.54. The average Bonchev–Trinajstić information content (AvgIpc) is 2.35. The van der Waals surface area contributed by atoms with Crippen molar-refractivity contribution in [1.82, 2.24) is 5.01 Å². The zero-order valence-corrected chi connectivity index (χ0v) is 10.9. The molecule has 2 N–H and O–H groups in total. The maximum absolute atomic E-state index is 5.76. The third-order valence-corrected chi connectivity index (χ3v) is 3.03. The molecule has 1 heterocycles. The van der Waals surface area contributed by atoms with E-state index < -0.39 is 0 Å². The first-order chi connectivity index (χ1) is 8.69. The SMILES string of the molecule is C/C=N\N1C=CC(Cc2ccc(N)cc2C)=CC1. The first kappa shape index (κ1) is 12.4. The Morgan fingerprint density at radius 2 is 2.28 bits per heavy atom. The van der Waals surface area contributed by atoms with Crippen LogP contribution in [0.4, 0.5) is 5.69 Å². The zero-order valence-electron chi connectivity index (χ0n) is 10.9. The van der Waals surface area contributed by atoms with Gasteiger partial charge < -0.3 is 5.73 Å². The Morgan fingerprint density at radius 1 is 1.44 bits per heavy atom. The summed E-state index contributed by atoms with van der Waals surface area (Å²) < 4.78 is 0. The summed E-state index contributed by atoms with van der Waals surface area (Å²) in [7, 11) is 0. The van der Waals surface area contributed by atoms with Crippen LogP contribution in [-0.4, -0.2) is 17.8 Å². The van der Waals surface area contributed by atoms with Crippen LogP contribution in [0, 0.1) is 6.92 Å². The van der Waals surface area contributed by atoms with Crippen molar-refractivity contribution in [3.8, 4) is 0 Å². The number of nitrogens with zero attached hydrogens (tertiary/aromatic N) is 2. The number of hydrazone groups is 1. The van der Waals surface area contributed by atoms with Crippen molar-refractivity contribution in [2.45, 2.75) is 20.3 Å². The largest absolute Gasteiger partial charge is 0.399 e. The number of hydrogen-bond donors (Lipinski definition) is 1. The molecule has 0 atom stereocenters. The zero-order chi connectivity index (χ0) is 13.0. The molecule has 1 aliphatic heterocycles. The second-order valence-electron chi connectivity index (χ2n) is 4.45. The normalized spacial score (nSPS) is 15.2. The van der Waals surface area contributed by atoms with Crippen molar-refractivity contribution >= 4 is 11.9 Å². The van der Waals surface area contributed by atoms with Crippen molar-refractivity contribution in [2.24, 2.45) is 5.10 Å². The lowest BCUT2D eigenvalue weighted by atomic mass is 9.99. The van der Waals surface area contributed by atoms with Gasteiger partial charge in [-0.15, -0.1) is 0 Å². The van der Waals surface area contributed by atoms with Crippen LogP contribution in [0.1, 0.15) is 18.1 Å². The number of rotatable bonds is 3. The number of nitrogens with two attached hydrogens (primary N) is 1. The van der Waals surface area contributed by atoms with Gasteiger partial charge in [-0.2, -0.15) is 5.10 Å². The third-order valence-electron chi connectivity index (χ3n) is 3.03. The topological polar surface area (TPSA) is 41.6 Å². The van der Waals surface area contributed by atoms with Crippen LogP contribution in [0.2, 0.25) is 0 Å². The van der Waals surface area contributed by atoms with Gasteiger partial charge in [-0.1, -0.05) is 12.1 Å². The molecule has 1 aromatic rings. The molecule has 2 rings (SSSR count). The molecule has 0 saturated carbocycles. The van der Waals surface area contributed by atoms with E-state index in [4.69, 9.17) is 5.73 Å². The van der Waals surface area contributed by atoms with Crippen LogP contribution in [0.5, 0.6) is 0 Å². The molecule has 0 spiro atoms. The number of nitrogen functional groups attached to an aromatic ring is 1. The van der Waals surface area contributed by atoms with Gasteiger partial charge in [0.15, 0.2) is 0 Å². The maximum Gasteiger partial charge on any atom is 0.0595 e. The Labute approximate surface area is 108 Å². The molecule has 0 amide bonds. The molecular weight excluding hydrogens is 222 g/mol. The molecule has 0 bridgehead atoms. The molecule has 1 aromatic carbocycles. The van der Waals surface area contributed by atoms with Crippen LogP contribution >= 0.6 is 0 Å². The van der Waals surface area contributed by atoms with Gasteiger partial charge in [-0.05, 0) is 55.2 Å². The van der Waals surface area contributed by atoms with Gasteiger partial charge in [0.25, 0.3) is 0 Å². The van der Waals surface area contributed by atoms with Crippen molar-refractivity contribution in [2.75, 3.05) is 12.3 Å². The summed E-state index contributed by atoms with van der Waals surface area (Å²) in [6, 6.07) is 6.09. The van der Waals surface area contributed by atoms with E-state index in [2.05, 4.69) is 30.2 Å². The molecule has 94 valence electrons. The molecule has 3 heteroatoms. The number of hydrogen-bond acceptors (Lipinski definition) is 3. The predicted octanol–water partition coefficient (Wildman–Crippen LogP) is 2.88. The van der Waals surface area contributed by atoms with Crippen LogP contribution in [-0.2, 0) is 6.42 Å². The number of allylic oxidation sites excluding steroid dienone is 2. The minimum atomic E-state index is 0.827.